The predicted molar refractivity (Wildman–Crippen MR) is 104 cm³/mol. The van der Waals surface area contributed by atoms with Crippen LogP contribution in [0.3, 0.4) is 0 Å². The first-order valence-electron chi connectivity index (χ1n) is 9.42. The summed E-state index contributed by atoms with van der Waals surface area (Å²) in [5.41, 5.74) is -0.525. The molecule has 0 aromatic carbocycles. The van der Waals surface area contributed by atoms with Gasteiger partial charge in [-0.15, -0.1) is 0 Å². The smallest absolute Gasteiger partial charge is 0.410 e. The molecule has 2 heterocycles. The number of aromatic nitrogens is 1. The van der Waals surface area contributed by atoms with Crippen LogP contribution in [-0.4, -0.2) is 52.2 Å². The number of nitro groups is 1. The van der Waals surface area contributed by atoms with E-state index in [9.17, 15) is 14.9 Å². The zero-order chi connectivity index (χ0) is 20.2. The van der Waals surface area contributed by atoms with E-state index in [4.69, 9.17) is 4.74 Å². The Hall–Kier alpha value is -2.38. The highest BCUT2D eigenvalue weighted by atomic mass is 16.6. The molecule has 1 atom stereocenters. The van der Waals surface area contributed by atoms with Gasteiger partial charge in [-0.3, -0.25) is 10.1 Å². The number of carbonyl (C=O) groups excluding carboxylic acids is 1. The van der Waals surface area contributed by atoms with Gasteiger partial charge < -0.3 is 14.5 Å². The van der Waals surface area contributed by atoms with Crippen molar-refractivity contribution in [1.82, 2.24) is 9.88 Å². The summed E-state index contributed by atoms with van der Waals surface area (Å²) in [6, 6.07) is 3.07. The van der Waals surface area contributed by atoms with Crippen LogP contribution in [0.15, 0.2) is 18.3 Å². The Morgan fingerprint density at radius 2 is 2.19 bits per heavy atom. The molecule has 0 saturated carbocycles. The molecule has 1 amide bonds. The first kappa shape index (κ1) is 20.9. The van der Waals surface area contributed by atoms with E-state index in [0.29, 0.717) is 18.9 Å². The lowest BCUT2D eigenvalue weighted by atomic mass is 9.97. The van der Waals surface area contributed by atoms with E-state index in [-0.39, 0.29) is 23.7 Å². The van der Waals surface area contributed by atoms with Gasteiger partial charge in [-0.2, -0.15) is 0 Å². The minimum absolute atomic E-state index is 0.0133. The summed E-state index contributed by atoms with van der Waals surface area (Å²) in [6.07, 6.45) is 3.12. The highest BCUT2D eigenvalue weighted by Gasteiger charge is 2.31. The maximum Gasteiger partial charge on any atom is 0.410 e. The molecule has 8 nitrogen and oxygen atoms in total. The number of hydrogen-bond acceptors (Lipinski definition) is 6. The number of hydrogen-bond donors (Lipinski definition) is 0. The maximum atomic E-state index is 12.6. The summed E-state index contributed by atoms with van der Waals surface area (Å²) >= 11 is 0. The Balaban J connectivity index is 2.11. The van der Waals surface area contributed by atoms with Gasteiger partial charge in [-0.25, -0.2) is 9.78 Å². The van der Waals surface area contributed by atoms with Crippen molar-refractivity contribution < 1.29 is 14.5 Å². The molecule has 150 valence electrons. The molecule has 0 spiro atoms. The lowest BCUT2D eigenvalue weighted by molar-refractivity contribution is -0.384. The SMILES string of the molecule is CC(C)N(CC1CCCN(c2ncccc2[N+](=O)[O-])C1)C(=O)OC(C)(C)C. The molecule has 1 aliphatic rings. The normalized spacial score (nSPS) is 17.7. The quantitative estimate of drug-likeness (QED) is 0.571. The van der Waals surface area contributed by atoms with Crippen molar-refractivity contribution in [3.8, 4) is 0 Å². The summed E-state index contributed by atoms with van der Waals surface area (Å²) in [5, 5.41) is 11.3. The summed E-state index contributed by atoms with van der Waals surface area (Å²) in [7, 11) is 0. The molecule has 1 aromatic heterocycles. The Bertz CT molecular complexity index is 672. The Morgan fingerprint density at radius 3 is 2.78 bits per heavy atom. The molecular weight excluding hydrogens is 348 g/mol. The third-order valence-corrected chi connectivity index (χ3v) is 4.49. The number of rotatable bonds is 5. The summed E-state index contributed by atoms with van der Waals surface area (Å²) < 4.78 is 5.54. The fraction of sp³-hybridized carbons (Fsp3) is 0.684. The van der Waals surface area contributed by atoms with Gasteiger partial charge in [-0.1, -0.05) is 0 Å². The number of nitrogens with zero attached hydrogens (tertiary/aromatic N) is 4. The molecule has 27 heavy (non-hydrogen) atoms. The van der Waals surface area contributed by atoms with Crippen LogP contribution in [0.5, 0.6) is 0 Å². The van der Waals surface area contributed by atoms with Crippen LogP contribution >= 0.6 is 0 Å². The van der Waals surface area contributed by atoms with E-state index >= 15 is 0 Å². The minimum Gasteiger partial charge on any atom is -0.444 e. The highest BCUT2D eigenvalue weighted by Crippen LogP contribution is 2.29. The summed E-state index contributed by atoms with van der Waals surface area (Å²) in [6.45, 7) is 11.4. The van der Waals surface area contributed by atoms with Crippen molar-refractivity contribution >= 4 is 17.6 Å². The molecule has 0 radical (unpaired) electrons. The number of ether oxygens (including phenoxy) is 1. The van der Waals surface area contributed by atoms with E-state index in [2.05, 4.69) is 4.98 Å². The van der Waals surface area contributed by atoms with E-state index < -0.39 is 10.5 Å². The third-order valence-electron chi connectivity index (χ3n) is 4.49. The lowest BCUT2D eigenvalue weighted by Crippen LogP contribution is -2.47. The Labute approximate surface area is 160 Å². The van der Waals surface area contributed by atoms with E-state index in [0.717, 1.165) is 19.4 Å². The average molecular weight is 378 g/mol. The van der Waals surface area contributed by atoms with Crippen molar-refractivity contribution in [3.05, 3.63) is 28.4 Å². The second-order valence-corrected chi connectivity index (χ2v) is 8.28. The Morgan fingerprint density at radius 1 is 1.48 bits per heavy atom. The van der Waals surface area contributed by atoms with Crippen molar-refractivity contribution in [2.75, 3.05) is 24.5 Å². The van der Waals surface area contributed by atoms with Gasteiger partial charge in [0.05, 0.1) is 4.92 Å². The van der Waals surface area contributed by atoms with Crippen molar-refractivity contribution in [1.29, 1.82) is 0 Å². The van der Waals surface area contributed by atoms with Crippen molar-refractivity contribution in [2.45, 2.75) is 59.1 Å². The van der Waals surface area contributed by atoms with Gasteiger partial charge in [0, 0.05) is 37.9 Å². The predicted octanol–water partition coefficient (Wildman–Crippen LogP) is 3.85. The fourth-order valence-electron chi connectivity index (χ4n) is 3.28. The van der Waals surface area contributed by atoms with Gasteiger partial charge >= 0.3 is 11.8 Å². The zero-order valence-corrected chi connectivity index (χ0v) is 16.8. The lowest BCUT2D eigenvalue weighted by Gasteiger charge is -2.37. The topological polar surface area (TPSA) is 88.8 Å². The highest BCUT2D eigenvalue weighted by molar-refractivity contribution is 5.68. The monoisotopic (exact) mass is 378 g/mol. The van der Waals surface area contributed by atoms with Gasteiger partial charge in [0.2, 0.25) is 5.82 Å². The molecule has 0 bridgehead atoms. The molecule has 1 aromatic rings. The third kappa shape index (κ3) is 5.80. The molecule has 8 heteroatoms. The van der Waals surface area contributed by atoms with Crippen LogP contribution in [0.25, 0.3) is 0 Å². The van der Waals surface area contributed by atoms with Crippen molar-refractivity contribution in [2.24, 2.45) is 5.92 Å². The standard InChI is InChI=1S/C19H30N4O4/c1-14(2)22(18(24)27-19(3,4)5)13-15-8-7-11-21(12-15)17-16(23(25)26)9-6-10-20-17/h6,9-10,14-15H,7-8,11-13H2,1-5H3. The van der Waals surface area contributed by atoms with Crippen LogP contribution in [0, 0.1) is 16.0 Å². The summed E-state index contributed by atoms with van der Waals surface area (Å²) in [4.78, 5) is 31.4. The largest absolute Gasteiger partial charge is 0.444 e. The van der Waals surface area contributed by atoms with Gasteiger partial charge in [0.25, 0.3) is 0 Å². The van der Waals surface area contributed by atoms with E-state index in [1.807, 2.05) is 39.5 Å². The van der Waals surface area contributed by atoms with E-state index in [1.54, 1.807) is 17.2 Å². The fourth-order valence-corrected chi connectivity index (χ4v) is 3.28. The second kappa shape index (κ2) is 8.54. The number of pyridine rings is 1. The zero-order valence-electron chi connectivity index (χ0n) is 16.8. The summed E-state index contributed by atoms with van der Waals surface area (Å²) in [5.74, 6) is 0.607. The Kier molecular flexibility index (Phi) is 6.62. The number of anilines is 1. The van der Waals surface area contributed by atoms with Gasteiger partial charge in [-0.05, 0) is 59.4 Å². The van der Waals surface area contributed by atoms with Crippen LogP contribution in [0.1, 0.15) is 47.5 Å². The number of amides is 1. The van der Waals surface area contributed by atoms with Crippen LogP contribution in [0.4, 0.5) is 16.3 Å². The molecular formula is C19H30N4O4. The van der Waals surface area contributed by atoms with Crippen molar-refractivity contribution in [3.63, 3.8) is 0 Å². The minimum atomic E-state index is -0.544. The molecule has 0 aliphatic carbocycles. The maximum absolute atomic E-state index is 12.6. The molecule has 1 unspecified atom stereocenters. The van der Waals surface area contributed by atoms with E-state index in [1.165, 1.54) is 6.07 Å². The first-order chi connectivity index (χ1) is 12.6. The van der Waals surface area contributed by atoms with Crippen LogP contribution < -0.4 is 4.90 Å². The van der Waals surface area contributed by atoms with Crippen LogP contribution in [0.2, 0.25) is 0 Å². The molecule has 0 N–H and O–H groups in total. The first-order valence-corrected chi connectivity index (χ1v) is 9.42. The molecule has 1 aliphatic heterocycles. The molecule has 1 fully saturated rings. The van der Waals surface area contributed by atoms with Gasteiger partial charge in [0.15, 0.2) is 0 Å². The second-order valence-electron chi connectivity index (χ2n) is 8.28. The van der Waals surface area contributed by atoms with Gasteiger partial charge in [0.1, 0.15) is 5.60 Å². The number of carbonyl (C=O) groups is 1. The molecule has 1 saturated heterocycles. The van der Waals surface area contributed by atoms with Crippen LogP contribution in [-0.2, 0) is 4.74 Å². The molecule has 2 rings (SSSR count). The number of piperidine rings is 1. The average Bonchev–Trinajstić information content (AvgIpc) is 2.58.